The van der Waals surface area contributed by atoms with E-state index in [-0.39, 0.29) is 18.1 Å². The van der Waals surface area contributed by atoms with Gasteiger partial charge in [-0.05, 0) is 24.3 Å². The number of amides is 1. The minimum Gasteiger partial charge on any atom is -0.496 e. The van der Waals surface area contributed by atoms with Crippen LogP contribution in [0.1, 0.15) is 21.7 Å². The van der Waals surface area contributed by atoms with Crippen LogP contribution in [-0.2, 0) is 22.1 Å². The van der Waals surface area contributed by atoms with Crippen LogP contribution in [0.25, 0.3) is 11.0 Å². The van der Waals surface area contributed by atoms with Crippen molar-refractivity contribution in [1.82, 2.24) is 4.90 Å². The number of carbonyl (C=O) groups is 1. The Bertz CT molecular complexity index is 1140. The quantitative estimate of drug-likeness (QED) is 0.603. The lowest BCUT2D eigenvalue weighted by atomic mass is 10.1. The van der Waals surface area contributed by atoms with E-state index >= 15 is 0 Å². The number of halogens is 1. The molecule has 0 aliphatic rings. The van der Waals surface area contributed by atoms with Gasteiger partial charge in [-0.2, -0.15) is 0 Å². The predicted octanol–water partition coefficient (Wildman–Crippen LogP) is 3.91. The molecule has 0 fully saturated rings. The summed E-state index contributed by atoms with van der Waals surface area (Å²) < 4.78 is 34.9. The third-order valence-corrected chi connectivity index (χ3v) is 5.34. The SMILES string of the molecule is COc1ccc(Cl)cc1CN(C)C(=O)c1oc2ccccc2c1CS(C)(=O)=O. The molecule has 1 aromatic heterocycles. The summed E-state index contributed by atoms with van der Waals surface area (Å²) in [5.74, 6) is -0.0728. The molecule has 1 amide bonds. The van der Waals surface area contributed by atoms with Crippen LogP contribution in [-0.4, -0.2) is 39.6 Å². The van der Waals surface area contributed by atoms with Gasteiger partial charge in [-0.15, -0.1) is 0 Å². The average Bonchev–Trinajstić information content (AvgIpc) is 2.98. The molecule has 0 spiro atoms. The number of carbonyl (C=O) groups excluding carboxylic acids is 1. The lowest BCUT2D eigenvalue weighted by Gasteiger charge is -2.18. The zero-order chi connectivity index (χ0) is 20.5. The molecule has 8 heteroatoms. The Kier molecular flexibility index (Phi) is 5.67. The van der Waals surface area contributed by atoms with Crippen molar-refractivity contribution in [2.45, 2.75) is 12.3 Å². The number of methoxy groups -OCH3 is 1. The van der Waals surface area contributed by atoms with Crippen LogP contribution in [0.4, 0.5) is 0 Å². The molecular weight excluding hydrogens is 402 g/mol. The molecule has 0 aliphatic heterocycles. The standard InChI is InChI=1S/C20H20ClNO5S/c1-22(11-13-10-14(21)8-9-17(13)26-2)20(23)19-16(12-28(3,24)25)15-6-4-5-7-18(15)27-19/h4-10H,11-12H2,1-3H3. The monoisotopic (exact) mass is 421 g/mol. The molecular formula is C20H20ClNO5S. The molecule has 0 atom stereocenters. The maximum absolute atomic E-state index is 13.1. The molecule has 3 rings (SSSR count). The number of ether oxygens (including phenoxy) is 1. The minimum atomic E-state index is -3.36. The Morgan fingerprint density at radius 2 is 1.93 bits per heavy atom. The highest BCUT2D eigenvalue weighted by Crippen LogP contribution is 2.29. The molecule has 0 radical (unpaired) electrons. The topological polar surface area (TPSA) is 76.8 Å². The second-order valence-corrected chi connectivity index (χ2v) is 9.17. The van der Waals surface area contributed by atoms with Crippen LogP contribution in [0.5, 0.6) is 5.75 Å². The summed E-state index contributed by atoms with van der Waals surface area (Å²) in [7, 11) is -0.213. The number of para-hydroxylation sites is 1. The van der Waals surface area contributed by atoms with Gasteiger partial charge in [-0.1, -0.05) is 29.8 Å². The summed E-state index contributed by atoms with van der Waals surface area (Å²) in [6.07, 6.45) is 1.13. The van der Waals surface area contributed by atoms with Gasteiger partial charge >= 0.3 is 0 Å². The van der Waals surface area contributed by atoms with Crippen molar-refractivity contribution in [3.8, 4) is 5.75 Å². The molecule has 0 saturated carbocycles. The molecule has 0 saturated heterocycles. The zero-order valence-corrected chi connectivity index (χ0v) is 17.3. The lowest BCUT2D eigenvalue weighted by Crippen LogP contribution is -2.27. The summed E-state index contributed by atoms with van der Waals surface area (Å²) in [5, 5.41) is 1.14. The first-order valence-electron chi connectivity index (χ1n) is 8.45. The molecule has 3 aromatic rings. The molecule has 0 N–H and O–H groups in total. The fraction of sp³-hybridized carbons (Fsp3) is 0.250. The average molecular weight is 422 g/mol. The van der Waals surface area contributed by atoms with Gasteiger partial charge in [-0.25, -0.2) is 8.42 Å². The third kappa shape index (κ3) is 4.31. The second-order valence-electron chi connectivity index (χ2n) is 6.59. The number of hydrogen-bond donors (Lipinski definition) is 0. The molecule has 0 aliphatic carbocycles. The summed E-state index contributed by atoms with van der Waals surface area (Å²) in [6, 6.07) is 12.2. The first kappa shape index (κ1) is 20.2. The van der Waals surface area contributed by atoms with Gasteiger partial charge in [0.15, 0.2) is 15.6 Å². The van der Waals surface area contributed by atoms with E-state index in [1.165, 1.54) is 12.0 Å². The molecule has 0 bridgehead atoms. The summed E-state index contributed by atoms with van der Waals surface area (Å²) in [6.45, 7) is 0.220. The number of fused-ring (bicyclic) bond motifs is 1. The van der Waals surface area contributed by atoms with Crippen molar-refractivity contribution in [2.75, 3.05) is 20.4 Å². The lowest BCUT2D eigenvalue weighted by molar-refractivity contribution is 0.0754. The number of sulfone groups is 1. The Morgan fingerprint density at radius 1 is 1.21 bits per heavy atom. The second kappa shape index (κ2) is 7.85. The number of benzene rings is 2. The van der Waals surface area contributed by atoms with Gasteiger partial charge in [0.2, 0.25) is 0 Å². The maximum Gasteiger partial charge on any atom is 0.289 e. The van der Waals surface area contributed by atoms with E-state index in [1.54, 1.807) is 49.5 Å². The molecule has 28 heavy (non-hydrogen) atoms. The number of nitrogens with zero attached hydrogens (tertiary/aromatic N) is 1. The third-order valence-electron chi connectivity index (χ3n) is 4.30. The number of furan rings is 1. The highest BCUT2D eigenvalue weighted by atomic mass is 35.5. The smallest absolute Gasteiger partial charge is 0.289 e. The number of hydrogen-bond acceptors (Lipinski definition) is 5. The highest BCUT2D eigenvalue weighted by Gasteiger charge is 2.26. The normalized spacial score (nSPS) is 11.6. The summed E-state index contributed by atoms with van der Waals surface area (Å²) in [5.41, 5.74) is 1.57. The Labute approximate surface area is 168 Å². The van der Waals surface area contributed by atoms with E-state index in [1.807, 2.05) is 0 Å². The zero-order valence-electron chi connectivity index (χ0n) is 15.7. The van der Waals surface area contributed by atoms with Crippen LogP contribution < -0.4 is 4.74 Å². The van der Waals surface area contributed by atoms with Gasteiger partial charge in [0.1, 0.15) is 11.3 Å². The van der Waals surface area contributed by atoms with E-state index in [4.69, 9.17) is 20.8 Å². The molecule has 6 nitrogen and oxygen atoms in total. The van der Waals surface area contributed by atoms with Crippen LogP contribution in [0.2, 0.25) is 5.02 Å². The summed E-state index contributed by atoms with van der Waals surface area (Å²) >= 11 is 6.06. The Hall–Kier alpha value is -2.51. The van der Waals surface area contributed by atoms with E-state index in [2.05, 4.69) is 0 Å². The van der Waals surface area contributed by atoms with Crippen LogP contribution in [0, 0.1) is 0 Å². The molecule has 0 unspecified atom stereocenters. The van der Waals surface area contributed by atoms with E-state index in [0.29, 0.717) is 27.3 Å². The largest absolute Gasteiger partial charge is 0.496 e. The van der Waals surface area contributed by atoms with Crippen LogP contribution in [0.15, 0.2) is 46.9 Å². The van der Waals surface area contributed by atoms with E-state index < -0.39 is 15.7 Å². The fourth-order valence-corrected chi connectivity index (χ4v) is 4.05. The van der Waals surface area contributed by atoms with Crippen molar-refractivity contribution in [1.29, 1.82) is 0 Å². The maximum atomic E-state index is 13.1. The van der Waals surface area contributed by atoms with Crippen LogP contribution >= 0.6 is 11.6 Å². The first-order valence-corrected chi connectivity index (χ1v) is 10.9. The van der Waals surface area contributed by atoms with E-state index in [0.717, 1.165) is 11.8 Å². The van der Waals surface area contributed by atoms with Crippen molar-refractivity contribution in [2.24, 2.45) is 0 Å². The van der Waals surface area contributed by atoms with Gasteiger partial charge in [0, 0.05) is 41.4 Å². The number of rotatable bonds is 6. The molecule has 2 aromatic carbocycles. The van der Waals surface area contributed by atoms with Crippen molar-refractivity contribution < 1.29 is 22.4 Å². The fourth-order valence-electron chi connectivity index (χ4n) is 3.05. The predicted molar refractivity (Wildman–Crippen MR) is 109 cm³/mol. The van der Waals surface area contributed by atoms with Crippen molar-refractivity contribution >= 4 is 38.3 Å². The molecule has 148 valence electrons. The Balaban J connectivity index is 1.99. The summed E-state index contributed by atoms with van der Waals surface area (Å²) in [4.78, 5) is 14.5. The van der Waals surface area contributed by atoms with E-state index in [9.17, 15) is 13.2 Å². The van der Waals surface area contributed by atoms with Gasteiger partial charge in [0.25, 0.3) is 5.91 Å². The van der Waals surface area contributed by atoms with Gasteiger partial charge in [-0.3, -0.25) is 4.79 Å². The minimum absolute atomic E-state index is 0.0233. The van der Waals surface area contributed by atoms with Crippen molar-refractivity contribution in [3.05, 3.63) is 64.4 Å². The van der Waals surface area contributed by atoms with Crippen molar-refractivity contribution in [3.63, 3.8) is 0 Å². The Morgan fingerprint density at radius 3 is 2.61 bits per heavy atom. The van der Waals surface area contributed by atoms with Gasteiger partial charge < -0.3 is 14.1 Å². The first-order chi connectivity index (χ1) is 13.2. The molecule has 1 heterocycles. The van der Waals surface area contributed by atoms with Crippen LogP contribution in [0.3, 0.4) is 0 Å². The highest BCUT2D eigenvalue weighted by molar-refractivity contribution is 7.89. The van der Waals surface area contributed by atoms with Gasteiger partial charge in [0.05, 0.1) is 12.9 Å².